The molecule has 0 amide bonds. The lowest BCUT2D eigenvalue weighted by Crippen LogP contribution is -2.07. The van der Waals surface area contributed by atoms with E-state index in [-0.39, 0.29) is 0 Å². The molecule has 4 aromatic heterocycles. The van der Waals surface area contributed by atoms with E-state index in [2.05, 4.69) is 137 Å². The smallest absolute Gasteiger partial charge is 0.238 e. The zero-order valence-corrected chi connectivity index (χ0v) is 33.7. The summed E-state index contributed by atoms with van der Waals surface area (Å²) >= 11 is 0. The molecular weight excluding hydrogens is 773 g/mol. The minimum absolute atomic E-state index is 0.487. The second-order valence-electron chi connectivity index (χ2n) is 15.8. The Balaban J connectivity index is 1.14. The van der Waals surface area contributed by atoms with Gasteiger partial charge in [-0.2, -0.15) is 9.97 Å². The number of aromatic nitrogens is 6. The Morgan fingerprint density at radius 2 is 0.889 bits per heavy atom. The highest BCUT2D eigenvalue weighted by atomic mass is 16.3. The van der Waals surface area contributed by atoms with Crippen molar-refractivity contribution in [1.82, 2.24) is 29.1 Å². The van der Waals surface area contributed by atoms with Crippen molar-refractivity contribution in [2.45, 2.75) is 0 Å². The van der Waals surface area contributed by atoms with Gasteiger partial charge in [0, 0.05) is 38.1 Å². The molecule has 0 spiro atoms. The molecule has 0 atom stereocenters. The molecular formula is C56H34N6O. The molecule has 0 fully saturated rings. The summed E-state index contributed by atoms with van der Waals surface area (Å²) in [5, 5.41) is 6.84. The predicted molar refractivity (Wildman–Crippen MR) is 255 cm³/mol. The van der Waals surface area contributed by atoms with Crippen molar-refractivity contribution in [3.05, 3.63) is 206 Å². The van der Waals surface area contributed by atoms with Gasteiger partial charge < -0.3 is 8.98 Å². The largest absolute Gasteiger partial charge is 0.435 e. The van der Waals surface area contributed by atoms with E-state index in [1.165, 1.54) is 16.5 Å². The number of hydrogen-bond acceptors (Lipinski definition) is 5. The second-order valence-corrected chi connectivity index (χ2v) is 15.8. The molecule has 0 saturated heterocycles. The van der Waals surface area contributed by atoms with Crippen molar-refractivity contribution < 1.29 is 4.42 Å². The maximum absolute atomic E-state index is 6.56. The van der Waals surface area contributed by atoms with Crippen LogP contribution in [-0.2, 0) is 0 Å². The Morgan fingerprint density at radius 1 is 0.333 bits per heavy atom. The highest BCUT2D eigenvalue weighted by molar-refractivity contribution is 6.24. The number of rotatable bonds is 6. The summed E-state index contributed by atoms with van der Waals surface area (Å²) < 4.78 is 11.2. The van der Waals surface area contributed by atoms with E-state index in [0.717, 1.165) is 76.9 Å². The summed E-state index contributed by atoms with van der Waals surface area (Å²) in [4.78, 5) is 20.8. The lowest BCUT2D eigenvalue weighted by atomic mass is 9.97. The van der Waals surface area contributed by atoms with Crippen LogP contribution < -0.4 is 0 Å². The van der Waals surface area contributed by atoms with Crippen LogP contribution in [-0.4, -0.2) is 29.1 Å². The van der Waals surface area contributed by atoms with Gasteiger partial charge in [-0.25, -0.2) is 9.97 Å². The van der Waals surface area contributed by atoms with Gasteiger partial charge in [0.2, 0.25) is 11.8 Å². The SMILES string of the molecule is c1ccc(-c2nc(-c3cccc4nc(-c5ccccc5)oc34)nc(-n3c4ccccc4c4ccc5c6ccccc6n(-c6ccc(-c7ccccc7)c7ccccc67)c5c43)n2)cc1. The average molecular weight is 807 g/mol. The molecule has 13 rings (SSSR count). The van der Waals surface area contributed by atoms with Crippen LogP contribution in [0, 0.1) is 0 Å². The van der Waals surface area contributed by atoms with Gasteiger partial charge >= 0.3 is 0 Å². The second kappa shape index (κ2) is 13.9. The van der Waals surface area contributed by atoms with E-state index in [0.29, 0.717) is 29.1 Å². The van der Waals surface area contributed by atoms with E-state index in [1.807, 2.05) is 78.9 Å². The minimum atomic E-state index is 0.487. The molecule has 0 saturated carbocycles. The van der Waals surface area contributed by atoms with E-state index in [1.54, 1.807) is 0 Å². The molecule has 0 aliphatic carbocycles. The van der Waals surface area contributed by atoms with Gasteiger partial charge in [0.1, 0.15) is 5.52 Å². The quantitative estimate of drug-likeness (QED) is 0.167. The van der Waals surface area contributed by atoms with Crippen molar-refractivity contribution >= 4 is 65.5 Å². The van der Waals surface area contributed by atoms with E-state index in [9.17, 15) is 0 Å². The van der Waals surface area contributed by atoms with Crippen molar-refractivity contribution in [2.75, 3.05) is 0 Å². The number of benzene rings is 9. The first-order chi connectivity index (χ1) is 31.3. The van der Waals surface area contributed by atoms with Crippen LogP contribution in [0.1, 0.15) is 0 Å². The Bertz CT molecular complexity index is 3910. The lowest BCUT2D eigenvalue weighted by Gasteiger charge is -2.16. The molecule has 7 nitrogen and oxygen atoms in total. The van der Waals surface area contributed by atoms with Crippen molar-refractivity contribution in [3.63, 3.8) is 0 Å². The highest BCUT2D eigenvalue weighted by Gasteiger charge is 2.25. The Kier molecular flexibility index (Phi) is 7.77. The fraction of sp³-hybridized carbons (Fsp3) is 0. The summed E-state index contributed by atoms with van der Waals surface area (Å²) in [5.41, 5.74) is 11.5. The van der Waals surface area contributed by atoms with Crippen molar-refractivity contribution in [3.8, 4) is 57.0 Å². The van der Waals surface area contributed by atoms with Crippen LogP contribution in [0.4, 0.5) is 0 Å². The van der Waals surface area contributed by atoms with Crippen LogP contribution in [0.15, 0.2) is 211 Å². The fourth-order valence-electron chi connectivity index (χ4n) is 9.44. The Labute approximate surface area is 360 Å². The molecule has 13 aromatic rings. The molecule has 0 N–H and O–H groups in total. The van der Waals surface area contributed by atoms with Gasteiger partial charge in [-0.3, -0.25) is 4.57 Å². The summed E-state index contributed by atoms with van der Waals surface area (Å²) in [5.74, 6) is 2.08. The Hall–Kier alpha value is -8.68. The molecule has 9 aromatic carbocycles. The molecule has 7 heteroatoms. The van der Waals surface area contributed by atoms with Gasteiger partial charge in [-0.05, 0) is 59.0 Å². The fourth-order valence-corrected chi connectivity index (χ4v) is 9.44. The van der Waals surface area contributed by atoms with Gasteiger partial charge in [0.05, 0.1) is 33.3 Å². The first-order valence-corrected chi connectivity index (χ1v) is 21.1. The highest BCUT2D eigenvalue weighted by Crippen LogP contribution is 2.44. The summed E-state index contributed by atoms with van der Waals surface area (Å²) in [6.07, 6.45) is 0. The molecule has 0 aliphatic heterocycles. The predicted octanol–water partition coefficient (Wildman–Crippen LogP) is 14.0. The first-order valence-electron chi connectivity index (χ1n) is 21.1. The van der Waals surface area contributed by atoms with Gasteiger partial charge in [-0.1, -0.05) is 164 Å². The molecule has 0 radical (unpaired) electrons. The number of fused-ring (bicyclic) bond motifs is 9. The van der Waals surface area contributed by atoms with E-state index in [4.69, 9.17) is 24.4 Å². The number of nitrogens with zero attached hydrogens (tertiary/aromatic N) is 6. The lowest BCUT2D eigenvalue weighted by molar-refractivity contribution is 0.620. The standard InChI is InChI=1S/C56H34N6O/c1-4-17-35(18-5-1)38-33-34-49(40-24-11-10-23-39(38)40)61-47-29-14-12-25-41(47)43-31-32-44-42-26-13-15-30-48(42)62(51(44)50(43)61)56-59-53(36-19-6-2-7-20-36)58-54(60-56)45-27-16-28-46-52(45)63-55(57-46)37-21-8-3-9-22-37/h1-34H. The normalized spacial score (nSPS) is 11.8. The molecule has 4 heterocycles. The average Bonchev–Trinajstić information content (AvgIpc) is 4.05. The zero-order chi connectivity index (χ0) is 41.4. The molecule has 0 bridgehead atoms. The monoisotopic (exact) mass is 806 g/mol. The summed E-state index contributed by atoms with van der Waals surface area (Å²) in [6, 6.07) is 71.7. The topological polar surface area (TPSA) is 74.6 Å². The molecule has 0 aliphatic rings. The van der Waals surface area contributed by atoms with Crippen LogP contribution in [0.2, 0.25) is 0 Å². The van der Waals surface area contributed by atoms with Crippen LogP contribution in [0.5, 0.6) is 0 Å². The van der Waals surface area contributed by atoms with Gasteiger partial charge in [-0.15, -0.1) is 0 Å². The van der Waals surface area contributed by atoms with Crippen LogP contribution in [0.25, 0.3) is 122 Å². The summed E-state index contributed by atoms with van der Waals surface area (Å²) in [7, 11) is 0. The zero-order valence-electron chi connectivity index (χ0n) is 33.7. The number of hydrogen-bond donors (Lipinski definition) is 0. The van der Waals surface area contributed by atoms with E-state index < -0.39 is 0 Å². The molecule has 294 valence electrons. The number of para-hydroxylation sites is 3. The minimum Gasteiger partial charge on any atom is -0.435 e. The van der Waals surface area contributed by atoms with Crippen molar-refractivity contribution in [1.29, 1.82) is 0 Å². The summed E-state index contributed by atoms with van der Waals surface area (Å²) in [6.45, 7) is 0. The Morgan fingerprint density at radius 3 is 1.59 bits per heavy atom. The van der Waals surface area contributed by atoms with Crippen LogP contribution in [0.3, 0.4) is 0 Å². The third-order valence-electron chi connectivity index (χ3n) is 12.2. The third kappa shape index (κ3) is 5.46. The van der Waals surface area contributed by atoms with Gasteiger partial charge in [0.15, 0.2) is 17.2 Å². The van der Waals surface area contributed by atoms with Crippen LogP contribution >= 0.6 is 0 Å². The number of oxazole rings is 1. The maximum atomic E-state index is 6.56. The molecule has 63 heavy (non-hydrogen) atoms. The first kappa shape index (κ1) is 35.1. The maximum Gasteiger partial charge on any atom is 0.238 e. The van der Waals surface area contributed by atoms with E-state index >= 15 is 0 Å². The molecule has 0 unspecified atom stereocenters. The van der Waals surface area contributed by atoms with Crippen molar-refractivity contribution in [2.24, 2.45) is 0 Å². The van der Waals surface area contributed by atoms with Gasteiger partial charge in [0.25, 0.3) is 0 Å². The third-order valence-corrected chi connectivity index (χ3v) is 12.2.